The molecule has 0 N–H and O–H groups in total. The summed E-state index contributed by atoms with van der Waals surface area (Å²) in [5.74, 6) is 0.164. The Morgan fingerprint density at radius 1 is 1.23 bits per heavy atom. The molecule has 116 valence electrons. The molecule has 1 saturated heterocycles. The Morgan fingerprint density at radius 2 is 2.05 bits per heavy atom. The SMILES string of the molecule is Cn1cc(C(=O)N2CCO[C@H]3CCCC[C@H]32)c2ccccc21. The minimum atomic E-state index is 0.164. The van der Waals surface area contributed by atoms with Gasteiger partial charge < -0.3 is 14.2 Å². The van der Waals surface area contributed by atoms with Crippen LogP contribution in [-0.2, 0) is 11.8 Å². The van der Waals surface area contributed by atoms with Gasteiger partial charge in [0.15, 0.2) is 0 Å². The molecule has 1 amide bonds. The molecule has 0 bridgehead atoms. The summed E-state index contributed by atoms with van der Waals surface area (Å²) in [6.07, 6.45) is 6.79. The van der Waals surface area contributed by atoms with Crippen molar-refractivity contribution >= 4 is 16.8 Å². The zero-order valence-electron chi connectivity index (χ0n) is 13.0. The van der Waals surface area contributed by atoms with Crippen LogP contribution in [0.3, 0.4) is 0 Å². The Kier molecular flexibility index (Phi) is 3.41. The molecule has 2 fully saturated rings. The number of carbonyl (C=O) groups is 1. The second kappa shape index (κ2) is 5.43. The highest BCUT2D eigenvalue weighted by Gasteiger charge is 2.37. The summed E-state index contributed by atoms with van der Waals surface area (Å²) in [6, 6.07) is 8.38. The van der Waals surface area contributed by atoms with Crippen molar-refractivity contribution in [2.24, 2.45) is 7.05 Å². The lowest BCUT2D eigenvalue weighted by atomic mass is 9.89. The topological polar surface area (TPSA) is 34.5 Å². The monoisotopic (exact) mass is 298 g/mol. The average Bonchev–Trinajstić information content (AvgIpc) is 2.91. The summed E-state index contributed by atoms with van der Waals surface area (Å²) < 4.78 is 7.93. The average molecular weight is 298 g/mol. The smallest absolute Gasteiger partial charge is 0.256 e. The van der Waals surface area contributed by atoms with Gasteiger partial charge >= 0.3 is 0 Å². The Balaban J connectivity index is 1.70. The maximum absolute atomic E-state index is 13.1. The Bertz CT molecular complexity index is 704. The number of para-hydroxylation sites is 1. The quantitative estimate of drug-likeness (QED) is 0.811. The number of hydrogen-bond acceptors (Lipinski definition) is 2. The molecule has 4 nitrogen and oxygen atoms in total. The van der Waals surface area contributed by atoms with Gasteiger partial charge in [-0.1, -0.05) is 31.0 Å². The lowest BCUT2D eigenvalue weighted by Gasteiger charge is -2.43. The number of carbonyl (C=O) groups excluding carboxylic acids is 1. The largest absolute Gasteiger partial charge is 0.374 e. The van der Waals surface area contributed by atoms with Crippen molar-refractivity contribution in [1.29, 1.82) is 0 Å². The van der Waals surface area contributed by atoms with E-state index < -0.39 is 0 Å². The third kappa shape index (κ3) is 2.13. The first-order chi connectivity index (χ1) is 10.8. The van der Waals surface area contributed by atoms with Crippen LogP contribution in [0, 0.1) is 0 Å². The van der Waals surface area contributed by atoms with Crippen LogP contribution in [-0.4, -0.2) is 40.7 Å². The summed E-state index contributed by atoms with van der Waals surface area (Å²) in [4.78, 5) is 15.2. The summed E-state index contributed by atoms with van der Waals surface area (Å²) in [6.45, 7) is 1.38. The minimum absolute atomic E-state index is 0.164. The highest BCUT2D eigenvalue weighted by Crippen LogP contribution is 2.31. The van der Waals surface area contributed by atoms with Crippen LogP contribution < -0.4 is 0 Å². The maximum Gasteiger partial charge on any atom is 0.256 e. The standard InChI is InChI=1S/C18H22N2O2/c1-19-12-14(13-6-2-3-7-15(13)19)18(21)20-10-11-22-17-9-5-4-8-16(17)20/h2-3,6-7,12,16-17H,4-5,8-11H2,1H3/t16-,17+/m1/s1. The molecule has 1 aliphatic carbocycles. The predicted molar refractivity (Wildman–Crippen MR) is 86.0 cm³/mol. The van der Waals surface area contributed by atoms with E-state index in [9.17, 15) is 4.79 Å². The summed E-state index contributed by atoms with van der Waals surface area (Å²) in [7, 11) is 2.00. The molecule has 4 rings (SSSR count). The van der Waals surface area contributed by atoms with Crippen molar-refractivity contribution in [2.45, 2.75) is 37.8 Å². The fourth-order valence-corrected chi connectivity index (χ4v) is 4.02. The van der Waals surface area contributed by atoms with E-state index in [1.165, 1.54) is 12.8 Å². The summed E-state index contributed by atoms with van der Waals surface area (Å²) in [5, 5.41) is 1.05. The number of fused-ring (bicyclic) bond motifs is 2. The molecule has 2 heterocycles. The van der Waals surface area contributed by atoms with E-state index in [1.807, 2.05) is 36.0 Å². The molecule has 2 aromatic rings. The molecular weight excluding hydrogens is 276 g/mol. The van der Waals surface area contributed by atoms with Gasteiger partial charge in [-0.25, -0.2) is 0 Å². The molecule has 0 radical (unpaired) electrons. The van der Waals surface area contributed by atoms with E-state index >= 15 is 0 Å². The van der Waals surface area contributed by atoms with Gasteiger partial charge in [-0.15, -0.1) is 0 Å². The van der Waals surface area contributed by atoms with Crippen molar-refractivity contribution in [2.75, 3.05) is 13.2 Å². The summed E-state index contributed by atoms with van der Waals surface area (Å²) in [5.41, 5.74) is 1.93. The van der Waals surface area contributed by atoms with E-state index in [0.29, 0.717) is 13.2 Å². The van der Waals surface area contributed by atoms with E-state index in [-0.39, 0.29) is 18.1 Å². The molecule has 4 heteroatoms. The second-order valence-corrected chi connectivity index (χ2v) is 6.43. The number of aryl methyl sites for hydroxylation is 1. The van der Waals surface area contributed by atoms with Crippen molar-refractivity contribution in [3.63, 3.8) is 0 Å². The van der Waals surface area contributed by atoms with Crippen molar-refractivity contribution in [3.8, 4) is 0 Å². The van der Waals surface area contributed by atoms with E-state index in [1.54, 1.807) is 0 Å². The molecule has 2 atom stereocenters. The van der Waals surface area contributed by atoms with Crippen molar-refractivity contribution in [1.82, 2.24) is 9.47 Å². The van der Waals surface area contributed by atoms with Crippen LogP contribution in [0.15, 0.2) is 30.5 Å². The molecule has 0 unspecified atom stereocenters. The van der Waals surface area contributed by atoms with Crippen LogP contribution in [0.2, 0.25) is 0 Å². The lowest BCUT2D eigenvalue weighted by molar-refractivity contribution is -0.0752. The van der Waals surface area contributed by atoms with E-state index in [0.717, 1.165) is 29.3 Å². The van der Waals surface area contributed by atoms with Crippen LogP contribution >= 0.6 is 0 Å². The number of amides is 1. The lowest BCUT2D eigenvalue weighted by Crippen LogP contribution is -2.54. The number of morpholine rings is 1. The van der Waals surface area contributed by atoms with Crippen LogP contribution in [0.1, 0.15) is 36.0 Å². The molecular formula is C18H22N2O2. The van der Waals surface area contributed by atoms with Gasteiger partial charge in [0.2, 0.25) is 0 Å². The number of benzene rings is 1. The predicted octanol–water partition coefficient (Wildman–Crippen LogP) is 2.96. The number of ether oxygens (including phenoxy) is 1. The Hall–Kier alpha value is -1.81. The van der Waals surface area contributed by atoms with Crippen LogP contribution in [0.4, 0.5) is 0 Å². The number of rotatable bonds is 1. The number of nitrogens with zero attached hydrogens (tertiary/aromatic N) is 2. The first-order valence-electron chi connectivity index (χ1n) is 8.22. The minimum Gasteiger partial charge on any atom is -0.374 e. The van der Waals surface area contributed by atoms with Crippen molar-refractivity contribution < 1.29 is 9.53 Å². The normalized spacial score (nSPS) is 25.2. The molecule has 1 saturated carbocycles. The Labute approximate surface area is 130 Å². The number of aromatic nitrogens is 1. The first-order valence-corrected chi connectivity index (χ1v) is 8.22. The van der Waals surface area contributed by atoms with Gasteiger partial charge in [0.25, 0.3) is 5.91 Å². The molecule has 1 aromatic carbocycles. The van der Waals surface area contributed by atoms with Gasteiger partial charge in [0.1, 0.15) is 0 Å². The third-order valence-electron chi connectivity index (χ3n) is 5.12. The zero-order valence-corrected chi connectivity index (χ0v) is 13.0. The highest BCUT2D eigenvalue weighted by molar-refractivity contribution is 6.07. The fraction of sp³-hybridized carbons (Fsp3) is 0.500. The molecule has 22 heavy (non-hydrogen) atoms. The van der Waals surface area contributed by atoms with E-state index in [4.69, 9.17) is 4.74 Å². The second-order valence-electron chi connectivity index (χ2n) is 6.43. The van der Waals surface area contributed by atoms with Gasteiger partial charge in [-0.05, 0) is 18.9 Å². The summed E-state index contributed by atoms with van der Waals surface area (Å²) >= 11 is 0. The first kappa shape index (κ1) is 13.8. The van der Waals surface area contributed by atoms with Gasteiger partial charge in [-0.3, -0.25) is 4.79 Å². The molecule has 0 spiro atoms. The zero-order chi connectivity index (χ0) is 15.1. The molecule has 1 aromatic heterocycles. The Morgan fingerprint density at radius 3 is 2.95 bits per heavy atom. The van der Waals surface area contributed by atoms with Gasteiger partial charge in [0.05, 0.1) is 24.3 Å². The molecule has 1 aliphatic heterocycles. The maximum atomic E-state index is 13.1. The molecule has 2 aliphatic rings. The third-order valence-corrected chi connectivity index (χ3v) is 5.12. The van der Waals surface area contributed by atoms with Gasteiger partial charge in [-0.2, -0.15) is 0 Å². The van der Waals surface area contributed by atoms with E-state index in [2.05, 4.69) is 11.0 Å². The van der Waals surface area contributed by atoms with Crippen molar-refractivity contribution in [3.05, 3.63) is 36.0 Å². The van der Waals surface area contributed by atoms with Crippen LogP contribution in [0.5, 0.6) is 0 Å². The van der Waals surface area contributed by atoms with Gasteiger partial charge in [0, 0.05) is 30.7 Å². The number of hydrogen-bond donors (Lipinski definition) is 0. The highest BCUT2D eigenvalue weighted by atomic mass is 16.5. The van der Waals surface area contributed by atoms with Crippen LogP contribution in [0.25, 0.3) is 10.9 Å². The fourth-order valence-electron chi connectivity index (χ4n) is 4.02.